The van der Waals surface area contributed by atoms with Crippen LogP contribution in [0, 0.1) is 0 Å². The highest BCUT2D eigenvalue weighted by Crippen LogP contribution is 1.86. The number of amides is 1. The molecule has 0 spiro atoms. The number of carboxylic acid groups (broad SMARTS) is 1. The molecule has 8 heteroatoms. The fraction of sp³-hybridized carbons (Fsp3) is 0.571. The molecule has 0 unspecified atom stereocenters. The number of rotatable bonds is 4. The molecule has 0 aliphatic rings. The highest BCUT2D eigenvalue weighted by Gasteiger charge is 1.96. The van der Waals surface area contributed by atoms with Gasteiger partial charge in [-0.3, -0.25) is 9.59 Å². The Balaban J connectivity index is 0. The van der Waals surface area contributed by atoms with Crippen molar-refractivity contribution in [1.82, 2.24) is 5.32 Å². The van der Waals surface area contributed by atoms with E-state index in [-0.39, 0.29) is 6.42 Å². The molecule has 0 fully saturated rings. The number of carbonyl (C=O) groups is 2. The van der Waals surface area contributed by atoms with Crippen LogP contribution in [0.15, 0.2) is 0 Å². The summed E-state index contributed by atoms with van der Waals surface area (Å²) in [6, 6.07) is 0. The second-order valence-electron chi connectivity index (χ2n) is 2.25. The topological polar surface area (TPSA) is 102 Å². The summed E-state index contributed by atoms with van der Waals surface area (Å²) in [7, 11) is 1.46. The van der Waals surface area contributed by atoms with Crippen LogP contribution in [0.3, 0.4) is 0 Å². The summed E-state index contributed by atoms with van der Waals surface area (Å²) in [4.78, 5) is 19.1. The SMILES string of the molecule is COC(=S)NCCCC(=O)O.NC(=O)S. The largest absolute Gasteiger partial charge is 0.481 e. The number of ether oxygens (including phenoxy) is 1. The van der Waals surface area contributed by atoms with Crippen LogP contribution >= 0.6 is 24.8 Å². The second-order valence-corrected chi connectivity index (χ2v) is 3.07. The molecule has 0 radical (unpaired) electrons. The fourth-order valence-corrected chi connectivity index (χ4v) is 0.604. The molecular weight excluding hydrogens is 240 g/mol. The van der Waals surface area contributed by atoms with E-state index in [0.717, 1.165) is 0 Å². The molecule has 4 N–H and O–H groups in total. The zero-order valence-electron chi connectivity index (χ0n) is 8.23. The van der Waals surface area contributed by atoms with Crippen LogP contribution < -0.4 is 11.1 Å². The van der Waals surface area contributed by atoms with Gasteiger partial charge in [0.1, 0.15) is 0 Å². The third kappa shape index (κ3) is 24.6. The highest BCUT2D eigenvalue weighted by molar-refractivity contribution is 7.96. The molecule has 15 heavy (non-hydrogen) atoms. The summed E-state index contributed by atoms with van der Waals surface area (Å²) in [5, 5.41) is 10.6. The van der Waals surface area contributed by atoms with Gasteiger partial charge in [0.15, 0.2) is 0 Å². The molecule has 0 atom stereocenters. The number of thiol groups is 1. The second kappa shape index (κ2) is 11.1. The van der Waals surface area contributed by atoms with E-state index in [1.807, 2.05) is 0 Å². The van der Waals surface area contributed by atoms with Crippen molar-refractivity contribution in [2.45, 2.75) is 12.8 Å². The van der Waals surface area contributed by atoms with Crippen LogP contribution in [-0.4, -0.2) is 35.1 Å². The Morgan fingerprint density at radius 2 is 2.07 bits per heavy atom. The highest BCUT2D eigenvalue weighted by atomic mass is 32.1. The van der Waals surface area contributed by atoms with Gasteiger partial charge >= 0.3 is 5.97 Å². The first-order chi connectivity index (χ1) is 6.90. The predicted octanol–water partition coefficient (Wildman–Crippen LogP) is 0.367. The molecular formula is C7H14N2O4S2. The van der Waals surface area contributed by atoms with Crippen LogP contribution in [0.4, 0.5) is 4.79 Å². The van der Waals surface area contributed by atoms with Gasteiger partial charge in [0.05, 0.1) is 7.11 Å². The van der Waals surface area contributed by atoms with Crippen LogP contribution in [0.25, 0.3) is 0 Å². The Morgan fingerprint density at radius 1 is 1.60 bits per heavy atom. The number of nitrogens with one attached hydrogen (secondary N) is 1. The maximum atomic E-state index is 10.0. The Labute approximate surface area is 98.6 Å². The number of methoxy groups -OCH3 is 1. The van der Waals surface area contributed by atoms with E-state index < -0.39 is 11.2 Å². The summed E-state index contributed by atoms with van der Waals surface area (Å²) in [6.07, 6.45) is 0.707. The Bertz CT molecular complexity index is 219. The Morgan fingerprint density at radius 3 is 2.40 bits per heavy atom. The van der Waals surface area contributed by atoms with Gasteiger partial charge in [-0.25, -0.2) is 0 Å². The number of hydrogen-bond acceptors (Lipinski definition) is 4. The van der Waals surface area contributed by atoms with E-state index >= 15 is 0 Å². The Hall–Kier alpha value is -1.02. The smallest absolute Gasteiger partial charge is 0.303 e. The fourth-order valence-electron chi connectivity index (χ4n) is 0.502. The average Bonchev–Trinajstić information content (AvgIpc) is 2.10. The molecule has 0 rings (SSSR count). The number of carbonyl (C=O) groups excluding carboxylic acids is 1. The van der Waals surface area contributed by atoms with Crippen LogP contribution in [0.1, 0.15) is 12.8 Å². The number of carboxylic acids is 1. The number of hydrogen-bond donors (Lipinski definition) is 4. The van der Waals surface area contributed by atoms with E-state index in [0.29, 0.717) is 18.1 Å². The summed E-state index contributed by atoms with van der Waals surface area (Å²) in [6.45, 7) is 0.541. The van der Waals surface area contributed by atoms with Crippen molar-refractivity contribution in [3.63, 3.8) is 0 Å². The predicted molar refractivity (Wildman–Crippen MR) is 63.0 cm³/mol. The average molecular weight is 254 g/mol. The summed E-state index contributed by atoms with van der Waals surface area (Å²) in [5.74, 6) is -0.796. The van der Waals surface area contributed by atoms with E-state index in [2.05, 4.69) is 40.6 Å². The first kappa shape index (κ1) is 16.4. The van der Waals surface area contributed by atoms with Gasteiger partial charge in [-0.05, 0) is 18.6 Å². The number of primary amides is 1. The maximum absolute atomic E-state index is 10.0. The quantitative estimate of drug-likeness (QED) is 0.328. The van der Waals surface area contributed by atoms with Gasteiger partial charge in [0.2, 0.25) is 0 Å². The molecule has 88 valence electrons. The first-order valence-corrected chi connectivity index (χ1v) is 4.77. The van der Waals surface area contributed by atoms with Crippen molar-refractivity contribution in [2.75, 3.05) is 13.7 Å². The summed E-state index contributed by atoms with van der Waals surface area (Å²) < 4.78 is 4.63. The number of thiocarbonyl (C=S) groups is 1. The molecule has 0 saturated carbocycles. The van der Waals surface area contributed by atoms with Crippen LogP contribution in [0.2, 0.25) is 0 Å². The molecule has 0 aromatic rings. The third-order valence-corrected chi connectivity index (χ3v) is 1.33. The number of nitrogens with two attached hydrogens (primary N) is 1. The Kier molecular flexibility index (Phi) is 12.1. The molecule has 0 aromatic heterocycles. The van der Waals surface area contributed by atoms with Crippen LogP contribution in [0.5, 0.6) is 0 Å². The molecule has 0 aliphatic heterocycles. The molecule has 0 aliphatic carbocycles. The van der Waals surface area contributed by atoms with Crippen molar-refractivity contribution < 1.29 is 19.4 Å². The minimum atomic E-state index is -0.796. The molecule has 0 saturated heterocycles. The van der Waals surface area contributed by atoms with Crippen molar-refractivity contribution in [1.29, 1.82) is 0 Å². The van der Waals surface area contributed by atoms with Crippen molar-refractivity contribution >= 4 is 41.2 Å². The minimum Gasteiger partial charge on any atom is -0.481 e. The van der Waals surface area contributed by atoms with Gasteiger partial charge < -0.3 is 20.9 Å². The van der Waals surface area contributed by atoms with E-state index in [9.17, 15) is 4.79 Å². The third-order valence-electron chi connectivity index (χ3n) is 1.02. The summed E-state index contributed by atoms with van der Waals surface area (Å²) >= 11 is 7.76. The minimum absolute atomic E-state index is 0.152. The van der Waals surface area contributed by atoms with Gasteiger partial charge in [0, 0.05) is 13.0 Å². The van der Waals surface area contributed by atoms with Crippen LogP contribution in [-0.2, 0) is 9.53 Å². The maximum Gasteiger partial charge on any atom is 0.303 e. The van der Waals surface area contributed by atoms with E-state index in [4.69, 9.17) is 9.90 Å². The summed E-state index contributed by atoms with van der Waals surface area (Å²) in [5.41, 5.74) is 4.34. The molecule has 0 heterocycles. The molecule has 0 bridgehead atoms. The lowest BCUT2D eigenvalue weighted by atomic mass is 10.3. The van der Waals surface area contributed by atoms with E-state index in [1.165, 1.54) is 7.11 Å². The lowest BCUT2D eigenvalue weighted by Crippen LogP contribution is -2.24. The van der Waals surface area contributed by atoms with Gasteiger partial charge in [-0.1, -0.05) is 12.6 Å². The lowest BCUT2D eigenvalue weighted by molar-refractivity contribution is -0.137. The standard InChI is InChI=1S/C6H11NO3S.CH3NOS/c1-10-6(11)7-4-2-3-5(8)9;2-1(3)4/h2-4H2,1H3,(H,7,11)(H,8,9);(H3,2,3,4). The lowest BCUT2D eigenvalue weighted by Gasteiger charge is -2.03. The molecule has 0 aromatic carbocycles. The van der Waals surface area contributed by atoms with Crippen molar-refractivity contribution in [3.8, 4) is 0 Å². The number of aliphatic carboxylic acids is 1. The van der Waals surface area contributed by atoms with Crippen molar-refractivity contribution in [2.24, 2.45) is 5.73 Å². The monoisotopic (exact) mass is 254 g/mol. The zero-order valence-corrected chi connectivity index (χ0v) is 9.94. The first-order valence-electron chi connectivity index (χ1n) is 3.92. The molecule has 1 amide bonds. The zero-order chi connectivity index (χ0) is 12.3. The molecule has 6 nitrogen and oxygen atoms in total. The van der Waals surface area contributed by atoms with Gasteiger partial charge in [0.25, 0.3) is 10.4 Å². The van der Waals surface area contributed by atoms with E-state index in [1.54, 1.807) is 0 Å². The van der Waals surface area contributed by atoms with Gasteiger partial charge in [-0.15, -0.1) is 0 Å². The van der Waals surface area contributed by atoms with Gasteiger partial charge in [-0.2, -0.15) is 0 Å². The van der Waals surface area contributed by atoms with Crippen molar-refractivity contribution in [3.05, 3.63) is 0 Å². The normalized spacial score (nSPS) is 8.13.